The third-order valence-electron chi connectivity index (χ3n) is 3.64. The van der Waals surface area contributed by atoms with Gasteiger partial charge in [0.25, 0.3) is 0 Å². The fraction of sp³-hybridized carbons (Fsp3) is 0.688. The quantitative estimate of drug-likeness (QED) is 0.605. The average Bonchev–Trinajstić information content (AvgIpc) is 2.45. The molecule has 0 saturated heterocycles. The molecule has 0 aromatic heterocycles. The molecule has 0 saturated carbocycles. The van der Waals surface area contributed by atoms with Crippen LogP contribution < -0.4 is 10.6 Å². The standard InChI is InChI=1S/C16H26N2O5/c1-11(15(20)18-12(2)16(21)22)17-14(19)10-23-13-8-6-4-3-5-7-9-13/h6,8,11-13H,3-5,7,9-10H2,1-2H3,(H,17,19)(H,18,20)(H,21,22)/b8-6-/t11-,12+,13?/m0/s1. The minimum Gasteiger partial charge on any atom is -0.480 e. The largest absolute Gasteiger partial charge is 0.480 e. The number of carbonyl (C=O) groups excluding carboxylic acids is 2. The van der Waals surface area contributed by atoms with Gasteiger partial charge in [0.15, 0.2) is 0 Å². The fourth-order valence-electron chi connectivity index (χ4n) is 2.20. The Hall–Kier alpha value is -1.89. The SMILES string of the molecule is C[C@H](NC(=O)COC1/C=C\CCCCC1)C(=O)N[C@H](C)C(=O)O. The van der Waals surface area contributed by atoms with Crippen LogP contribution in [0.1, 0.15) is 46.0 Å². The Morgan fingerprint density at radius 2 is 1.91 bits per heavy atom. The highest BCUT2D eigenvalue weighted by Crippen LogP contribution is 2.13. The normalized spacial score (nSPS) is 22.1. The van der Waals surface area contributed by atoms with Gasteiger partial charge in [-0.2, -0.15) is 0 Å². The number of allylic oxidation sites excluding steroid dienone is 1. The first kappa shape index (κ1) is 19.2. The third kappa shape index (κ3) is 7.78. The van der Waals surface area contributed by atoms with Gasteiger partial charge in [-0.25, -0.2) is 0 Å². The highest BCUT2D eigenvalue weighted by Gasteiger charge is 2.20. The van der Waals surface area contributed by atoms with Gasteiger partial charge in [-0.3, -0.25) is 14.4 Å². The van der Waals surface area contributed by atoms with Crippen molar-refractivity contribution in [3.8, 4) is 0 Å². The number of aliphatic carboxylic acids is 1. The number of carboxylic acid groups (broad SMARTS) is 1. The molecular formula is C16H26N2O5. The first-order chi connectivity index (χ1) is 10.9. The van der Waals surface area contributed by atoms with Crippen molar-refractivity contribution in [2.45, 2.75) is 64.1 Å². The Labute approximate surface area is 136 Å². The first-order valence-corrected chi connectivity index (χ1v) is 8.01. The minimum absolute atomic E-state index is 0.0720. The summed E-state index contributed by atoms with van der Waals surface area (Å²) in [6.07, 6.45) is 9.32. The molecule has 1 aliphatic rings. The average molecular weight is 326 g/mol. The molecule has 23 heavy (non-hydrogen) atoms. The van der Waals surface area contributed by atoms with E-state index >= 15 is 0 Å². The van der Waals surface area contributed by atoms with Crippen molar-refractivity contribution in [1.29, 1.82) is 0 Å². The lowest BCUT2D eigenvalue weighted by Gasteiger charge is -2.18. The second-order valence-electron chi connectivity index (χ2n) is 5.77. The van der Waals surface area contributed by atoms with Crippen LogP contribution in [0.15, 0.2) is 12.2 Å². The molecule has 0 radical (unpaired) electrons. The van der Waals surface area contributed by atoms with E-state index in [1.54, 1.807) is 0 Å². The van der Waals surface area contributed by atoms with Crippen molar-refractivity contribution < 1.29 is 24.2 Å². The number of amides is 2. The molecule has 7 nitrogen and oxygen atoms in total. The zero-order valence-corrected chi connectivity index (χ0v) is 13.7. The van der Waals surface area contributed by atoms with Gasteiger partial charge in [-0.1, -0.05) is 25.0 Å². The van der Waals surface area contributed by atoms with Crippen LogP contribution in [0.25, 0.3) is 0 Å². The highest BCUT2D eigenvalue weighted by molar-refractivity contribution is 5.90. The van der Waals surface area contributed by atoms with Gasteiger partial charge in [0.05, 0.1) is 6.10 Å². The van der Waals surface area contributed by atoms with E-state index in [0.29, 0.717) is 0 Å². The lowest BCUT2D eigenvalue weighted by molar-refractivity contribution is -0.141. The molecule has 0 spiro atoms. The van der Waals surface area contributed by atoms with E-state index in [9.17, 15) is 14.4 Å². The van der Waals surface area contributed by atoms with E-state index in [1.807, 2.05) is 6.08 Å². The van der Waals surface area contributed by atoms with E-state index in [2.05, 4.69) is 16.7 Å². The van der Waals surface area contributed by atoms with Crippen molar-refractivity contribution in [2.75, 3.05) is 6.61 Å². The topological polar surface area (TPSA) is 105 Å². The van der Waals surface area contributed by atoms with Gasteiger partial charge in [-0.05, 0) is 33.1 Å². The van der Waals surface area contributed by atoms with Crippen LogP contribution in [-0.2, 0) is 19.1 Å². The van der Waals surface area contributed by atoms with Crippen molar-refractivity contribution in [3.05, 3.63) is 12.2 Å². The van der Waals surface area contributed by atoms with Crippen molar-refractivity contribution in [3.63, 3.8) is 0 Å². The first-order valence-electron chi connectivity index (χ1n) is 8.01. The molecule has 7 heteroatoms. The molecule has 3 N–H and O–H groups in total. The van der Waals surface area contributed by atoms with Crippen molar-refractivity contribution in [2.24, 2.45) is 0 Å². The van der Waals surface area contributed by atoms with E-state index in [4.69, 9.17) is 9.84 Å². The maximum atomic E-state index is 11.8. The molecule has 0 bridgehead atoms. The maximum Gasteiger partial charge on any atom is 0.325 e. The molecule has 0 aromatic carbocycles. The van der Waals surface area contributed by atoms with Gasteiger partial charge in [0, 0.05) is 0 Å². The smallest absolute Gasteiger partial charge is 0.325 e. The Balaban J connectivity index is 2.33. The Morgan fingerprint density at radius 3 is 2.61 bits per heavy atom. The van der Waals surface area contributed by atoms with Crippen LogP contribution in [0.5, 0.6) is 0 Å². The van der Waals surface area contributed by atoms with Crippen LogP contribution in [0.3, 0.4) is 0 Å². The molecule has 0 aromatic rings. The molecule has 2 amide bonds. The zero-order chi connectivity index (χ0) is 17.2. The summed E-state index contributed by atoms with van der Waals surface area (Å²) in [7, 11) is 0. The van der Waals surface area contributed by atoms with Crippen LogP contribution >= 0.6 is 0 Å². The van der Waals surface area contributed by atoms with E-state index in [-0.39, 0.29) is 12.7 Å². The van der Waals surface area contributed by atoms with E-state index in [1.165, 1.54) is 20.3 Å². The van der Waals surface area contributed by atoms with Gasteiger partial charge < -0.3 is 20.5 Å². The number of ether oxygens (including phenoxy) is 1. The fourth-order valence-corrected chi connectivity index (χ4v) is 2.20. The zero-order valence-electron chi connectivity index (χ0n) is 13.7. The van der Waals surface area contributed by atoms with Crippen LogP contribution in [0.4, 0.5) is 0 Å². The molecule has 0 heterocycles. The van der Waals surface area contributed by atoms with Gasteiger partial charge in [0.1, 0.15) is 18.7 Å². The van der Waals surface area contributed by atoms with Crippen LogP contribution in [0.2, 0.25) is 0 Å². The molecule has 130 valence electrons. The summed E-state index contributed by atoms with van der Waals surface area (Å²) < 4.78 is 5.56. The number of carboxylic acids is 1. The van der Waals surface area contributed by atoms with Crippen molar-refractivity contribution in [1.82, 2.24) is 10.6 Å². The molecule has 3 atom stereocenters. The highest BCUT2D eigenvalue weighted by atomic mass is 16.5. The number of nitrogens with one attached hydrogen (secondary N) is 2. The second kappa shape index (κ2) is 9.99. The monoisotopic (exact) mass is 326 g/mol. The number of hydrogen-bond acceptors (Lipinski definition) is 4. The Kier molecular flexibility index (Phi) is 8.32. The molecule has 0 aliphatic heterocycles. The minimum atomic E-state index is -1.13. The summed E-state index contributed by atoms with van der Waals surface area (Å²) >= 11 is 0. The summed E-state index contributed by atoms with van der Waals surface area (Å²) in [5, 5.41) is 13.5. The number of carbonyl (C=O) groups is 3. The summed E-state index contributed by atoms with van der Waals surface area (Å²) in [5.74, 6) is -2.07. The van der Waals surface area contributed by atoms with Crippen LogP contribution in [0, 0.1) is 0 Å². The van der Waals surface area contributed by atoms with Crippen molar-refractivity contribution >= 4 is 17.8 Å². The molecule has 0 fully saturated rings. The number of hydrogen-bond donors (Lipinski definition) is 3. The van der Waals surface area contributed by atoms with Gasteiger partial charge >= 0.3 is 5.97 Å². The maximum absolute atomic E-state index is 11.8. The molecule has 1 aliphatic carbocycles. The predicted octanol–water partition coefficient (Wildman–Crippen LogP) is 0.986. The molecule has 1 rings (SSSR count). The van der Waals surface area contributed by atoms with Crippen LogP contribution in [-0.4, -0.2) is 47.7 Å². The van der Waals surface area contributed by atoms with E-state index < -0.39 is 29.9 Å². The lowest BCUT2D eigenvalue weighted by atomic mass is 10.0. The predicted molar refractivity (Wildman–Crippen MR) is 84.8 cm³/mol. The Morgan fingerprint density at radius 1 is 1.17 bits per heavy atom. The number of rotatable bonds is 7. The summed E-state index contributed by atoms with van der Waals surface area (Å²) in [6, 6.07) is -1.82. The lowest BCUT2D eigenvalue weighted by Crippen LogP contribution is -2.50. The summed E-state index contributed by atoms with van der Waals surface area (Å²) in [5.41, 5.74) is 0. The Bertz CT molecular complexity index is 450. The summed E-state index contributed by atoms with van der Waals surface area (Å²) in [4.78, 5) is 34.2. The second-order valence-corrected chi connectivity index (χ2v) is 5.77. The third-order valence-corrected chi connectivity index (χ3v) is 3.64. The molecule has 1 unspecified atom stereocenters. The van der Waals surface area contributed by atoms with Gasteiger partial charge in [-0.15, -0.1) is 0 Å². The molecular weight excluding hydrogens is 300 g/mol. The van der Waals surface area contributed by atoms with Gasteiger partial charge in [0.2, 0.25) is 11.8 Å². The van der Waals surface area contributed by atoms with E-state index in [0.717, 1.165) is 25.7 Å². The summed E-state index contributed by atoms with van der Waals surface area (Å²) in [6.45, 7) is 2.73.